The molecule has 0 bridgehead atoms. The maximum Gasteiger partial charge on any atom is 0.265 e. The molecule has 1 unspecified atom stereocenters. The number of rotatable bonds is 4. The molecule has 0 fully saturated rings. The average Bonchev–Trinajstić information content (AvgIpc) is 3.02. The van der Waals surface area contributed by atoms with Gasteiger partial charge in [0.15, 0.2) is 0 Å². The highest BCUT2D eigenvalue weighted by atomic mass is 32.2. The van der Waals surface area contributed by atoms with Gasteiger partial charge in [0.1, 0.15) is 5.75 Å². The van der Waals surface area contributed by atoms with E-state index in [0.29, 0.717) is 17.0 Å². The second-order valence-corrected chi connectivity index (χ2v) is 9.18. The van der Waals surface area contributed by atoms with Crippen LogP contribution in [0.4, 0.5) is 5.69 Å². The Bertz CT molecular complexity index is 1110. The van der Waals surface area contributed by atoms with Gasteiger partial charge in [-0.05, 0) is 55.3 Å². The molecule has 4 nitrogen and oxygen atoms in total. The maximum atomic E-state index is 13.7. The number of sulfonamides is 1. The number of anilines is 1. The molecule has 3 aromatic carbocycles. The van der Waals surface area contributed by atoms with Crippen molar-refractivity contribution >= 4 is 15.7 Å². The molecule has 0 saturated heterocycles. The number of fused-ring (bicyclic) bond motifs is 1. The molecule has 144 valence electrons. The van der Waals surface area contributed by atoms with Crippen LogP contribution in [-0.2, 0) is 22.0 Å². The van der Waals surface area contributed by atoms with Crippen molar-refractivity contribution in [3.8, 4) is 5.75 Å². The fourth-order valence-corrected chi connectivity index (χ4v) is 5.79. The average molecular weight is 394 g/mol. The lowest BCUT2D eigenvalue weighted by Gasteiger charge is -2.37. The molecular formula is C23H23NO3S. The van der Waals surface area contributed by atoms with E-state index in [1.807, 2.05) is 74.5 Å². The number of benzene rings is 3. The Kier molecular flexibility index (Phi) is 4.42. The minimum absolute atomic E-state index is 0.295. The minimum Gasteiger partial charge on any atom is -0.497 e. The lowest BCUT2D eigenvalue weighted by molar-refractivity contribution is 0.414. The van der Waals surface area contributed by atoms with Crippen molar-refractivity contribution < 1.29 is 13.2 Å². The third-order valence-corrected chi connectivity index (χ3v) is 7.39. The molecule has 0 aliphatic carbocycles. The van der Waals surface area contributed by atoms with E-state index in [1.54, 1.807) is 23.5 Å². The van der Waals surface area contributed by atoms with Crippen molar-refractivity contribution in [1.29, 1.82) is 0 Å². The van der Waals surface area contributed by atoms with Crippen molar-refractivity contribution in [2.24, 2.45) is 0 Å². The highest BCUT2D eigenvalue weighted by molar-refractivity contribution is 7.93. The van der Waals surface area contributed by atoms with Crippen LogP contribution in [0.2, 0.25) is 0 Å². The molecule has 1 aliphatic heterocycles. The maximum absolute atomic E-state index is 13.7. The fraction of sp³-hybridized carbons (Fsp3) is 0.217. The van der Waals surface area contributed by atoms with E-state index in [1.165, 1.54) is 0 Å². The van der Waals surface area contributed by atoms with E-state index in [2.05, 4.69) is 0 Å². The second-order valence-electron chi connectivity index (χ2n) is 7.39. The predicted octanol–water partition coefficient (Wildman–Crippen LogP) is 4.67. The van der Waals surface area contributed by atoms with Crippen LogP contribution in [0.1, 0.15) is 23.6 Å². The lowest BCUT2D eigenvalue weighted by atomic mass is 9.89. The molecular weight excluding hydrogens is 370 g/mol. The number of ether oxygens (including phenoxy) is 1. The Morgan fingerprint density at radius 2 is 1.64 bits per heavy atom. The number of hydrogen-bond acceptors (Lipinski definition) is 3. The quantitative estimate of drug-likeness (QED) is 0.647. The molecule has 0 spiro atoms. The van der Waals surface area contributed by atoms with Gasteiger partial charge in [0.25, 0.3) is 10.0 Å². The van der Waals surface area contributed by atoms with Crippen LogP contribution in [0.15, 0.2) is 77.7 Å². The standard InChI is InChI=1S/C23H23NO3S/c1-17-9-12-21(13-10-17)28(25,26)24-22-14-11-20(27-3)15-18(22)16-23(24,2)19-7-5-4-6-8-19/h4-15H,16H2,1-3H3. The summed E-state index contributed by atoms with van der Waals surface area (Å²) in [7, 11) is -2.13. The summed E-state index contributed by atoms with van der Waals surface area (Å²) < 4.78 is 34.4. The first-order valence-electron chi connectivity index (χ1n) is 9.21. The van der Waals surface area contributed by atoms with Crippen molar-refractivity contribution in [3.63, 3.8) is 0 Å². The highest BCUT2D eigenvalue weighted by Crippen LogP contribution is 2.48. The zero-order valence-electron chi connectivity index (χ0n) is 16.2. The van der Waals surface area contributed by atoms with Gasteiger partial charge in [-0.2, -0.15) is 0 Å². The smallest absolute Gasteiger partial charge is 0.265 e. The van der Waals surface area contributed by atoms with Gasteiger partial charge in [0, 0.05) is 6.42 Å². The van der Waals surface area contributed by atoms with Crippen LogP contribution >= 0.6 is 0 Å². The summed E-state index contributed by atoms with van der Waals surface area (Å²) in [6.07, 6.45) is 0.578. The molecule has 0 saturated carbocycles. The Morgan fingerprint density at radius 1 is 0.964 bits per heavy atom. The fourth-order valence-electron chi connectivity index (χ4n) is 3.96. The third-order valence-electron chi connectivity index (χ3n) is 5.44. The Hall–Kier alpha value is -2.79. The molecule has 1 heterocycles. The normalized spacial score (nSPS) is 18.8. The number of methoxy groups -OCH3 is 1. The zero-order valence-corrected chi connectivity index (χ0v) is 17.0. The van der Waals surface area contributed by atoms with Crippen LogP contribution in [0.3, 0.4) is 0 Å². The molecule has 4 rings (SSSR count). The molecule has 0 radical (unpaired) electrons. The first kappa shape index (κ1) is 18.6. The lowest BCUT2D eigenvalue weighted by Crippen LogP contribution is -2.45. The Morgan fingerprint density at radius 3 is 2.29 bits per heavy atom. The van der Waals surface area contributed by atoms with E-state index in [9.17, 15) is 8.42 Å². The van der Waals surface area contributed by atoms with E-state index in [-0.39, 0.29) is 0 Å². The van der Waals surface area contributed by atoms with E-state index < -0.39 is 15.6 Å². The van der Waals surface area contributed by atoms with Crippen LogP contribution in [-0.4, -0.2) is 15.5 Å². The van der Waals surface area contributed by atoms with Gasteiger partial charge in [-0.3, -0.25) is 4.31 Å². The van der Waals surface area contributed by atoms with Crippen molar-refractivity contribution in [1.82, 2.24) is 0 Å². The summed E-state index contributed by atoms with van der Waals surface area (Å²) in [6, 6.07) is 22.4. The summed E-state index contributed by atoms with van der Waals surface area (Å²) in [5.41, 5.74) is 2.92. The monoisotopic (exact) mass is 393 g/mol. The summed E-state index contributed by atoms with van der Waals surface area (Å²) in [5.74, 6) is 0.726. The van der Waals surface area contributed by atoms with Crippen molar-refractivity contribution in [2.75, 3.05) is 11.4 Å². The summed E-state index contributed by atoms with van der Waals surface area (Å²) in [4.78, 5) is 0.295. The SMILES string of the molecule is COc1ccc2c(c1)CC(C)(c1ccccc1)N2S(=O)(=O)c1ccc(C)cc1. The first-order valence-corrected chi connectivity index (χ1v) is 10.6. The first-order chi connectivity index (χ1) is 13.4. The number of hydrogen-bond donors (Lipinski definition) is 0. The molecule has 1 atom stereocenters. The van der Waals surface area contributed by atoms with Crippen molar-refractivity contribution in [2.45, 2.75) is 30.7 Å². The molecule has 0 amide bonds. The van der Waals surface area contributed by atoms with Crippen molar-refractivity contribution in [3.05, 3.63) is 89.5 Å². The van der Waals surface area contributed by atoms with E-state index in [0.717, 1.165) is 22.4 Å². The van der Waals surface area contributed by atoms with Gasteiger partial charge in [0.05, 0.1) is 23.2 Å². The topological polar surface area (TPSA) is 46.6 Å². The van der Waals surface area contributed by atoms with Crippen LogP contribution in [0.5, 0.6) is 5.75 Å². The van der Waals surface area contributed by atoms with Crippen LogP contribution in [0.25, 0.3) is 0 Å². The van der Waals surface area contributed by atoms with Gasteiger partial charge >= 0.3 is 0 Å². The zero-order chi connectivity index (χ0) is 19.9. The second kappa shape index (κ2) is 6.67. The van der Waals surface area contributed by atoms with E-state index >= 15 is 0 Å². The summed E-state index contributed by atoms with van der Waals surface area (Å²) in [6.45, 7) is 3.93. The largest absolute Gasteiger partial charge is 0.497 e. The molecule has 1 aliphatic rings. The van der Waals surface area contributed by atoms with Crippen LogP contribution < -0.4 is 9.04 Å². The Balaban J connectivity index is 1.94. The molecule has 0 N–H and O–H groups in total. The van der Waals surface area contributed by atoms with E-state index in [4.69, 9.17) is 4.74 Å². The summed E-state index contributed by atoms with van der Waals surface area (Å²) in [5, 5.41) is 0. The molecule has 28 heavy (non-hydrogen) atoms. The third kappa shape index (κ3) is 2.87. The van der Waals surface area contributed by atoms with Gasteiger partial charge in [-0.25, -0.2) is 8.42 Å². The molecule has 0 aromatic heterocycles. The molecule has 5 heteroatoms. The summed E-state index contributed by atoms with van der Waals surface area (Å²) >= 11 is 0. The van der Waals surface area contributed by atoms with Gasteiger partial charge in [-0.1, -0.05) is 48.0 Å². The minimum atomic E-state index is -3.75. The van der Waals surface area contributed by atoms with Crippen LogP contribution in [0, 0.1) is 6.92 Å². The van der Waals surface area contributed by atoms with Gasteiger partial charge < -0.3 is 4.74 Å². The number of aryl methyl sites for hydroxylation is 1. The predicted molar refractivity (Wildman–Crippen MR) is 111 cm³/mol. The Labute approximate surface area is 166 Å². The molecule has 3 aromatic rings. The number of nitrogens with zero attached hydrogens (tertiary/aromatic N) is 1. The van der Waals surface area contributed by atoms with Gasteiger partial charge in [-0.15, -0.1) is 0 Å². The van der Waals surface area contributed by atoms with Gasteiger partial charge in [0.2, 0.25) is 0 Å². The highest BCUT2D eigenvalue weighted by Gasteiger charge is 2.48.